The van der Waals surface area contributed by atoms with Crippen LogP contribution in [0, 0.1) is 0 Å². The molecule has 1 heterocycles. The van der Waals surface area contributed by atoms with Crippen LogP contribution in [0.4, 0.5) is 0 Å². The summed E-state index contributed by atoms with van der Waals surface area (Å²) >= 11 is 0. The van der Waals surface area contributed by atoms with Crippen molar-refractivity contribution in [3.05, 3.63) is 0 Å². The summed E-state index contributed by atoms with van der Waals surface area (Å²) in [6.45, 7) is -3.25. The van der Waals surface area contributed by atoms with E-state index in [-0.39, 0.29) is 0 Å². The van der Waals surface area contributed by atoms with E-state index in [1.54, 1.807) is 0 Å². The van der Waals surface area contributed by atoms with Crippen LogP contribution < -0.4 is 0 Å². The SMILES string of the molecule is O=C(CO)[C@](O)([C@@H](O)[C@H](O)CO)[C@H]1O[C@H](CO)[C@@H](O)[C@H](O)[C@H]1O. The van der Waals surface area contributed by atoms with Gasteiger partial charge in [0, 0.05) is 0 Å². The average Bonchev–Trinajstić information content (AvgIpc) is 2.56. The number of hydrogen-bond acceptors (Lipinski definition) is 11. The highest BCUT2D eigenvalue weighted by atomic mass is 16.6. The fourth-order valence-electron chi connectivity index (χ4n) is 2.48. The lowest BCUT2D eigenvalue weighted by Crippen LogP contribution is -2.72. The standard InChI is InChI=1S/C12H22O11/c13-1-4(16)10(21)12(22,6(17)3-15)11-9(20)8(19)7(18)5(2-14)23-11/h4-5,7-11,13-16,18-22H,1-3H2/t4-,5-,7-,8+,9-,10+,11+,12+/m1/s1. The number of aliphatic hydroxyl groups excluding tert-OH is 8. The number of hydrogen-bond donors (Lipinski definition) is 9. The number of rotatable bonds is 7. The van der Waals surface area contributed by atoms with Crippen LogP contribution in [0.3, 0.4) is 0 Å². The van der Waals surface area contributed by atoms with Crippen LogP contribution in [-0.4, -0.2) is 120 Å². The van der Waals surface area contributed by atoms with E-state index in [1.807, 2.05) is 0 Å². The van der Waals surface area contributed by atoms with E-state index in [0.29, 0.717) is 0 Å². The quantitative estimate of drug-likeness (QED) is 0.212. The van der Waals surface area contributed by atoms with Crippen LogP contribution in [0.2, 0.25) is 0 Å². The van der Waals surface area contributed by atoms with E-state index in [2.05, 4.69) is 0 Å². The molecule has 0 aromatic carbocycles. The molecule has 0 saturated carbocycles. The van der Waals surface area contributed by atoms with E-state index in [9.17, 15) is 35.4 Å². The molecule has 1 rings (SSSR count). The fraction of sp³-hybridized carbons (Fsp3) is 0.917. The van der Waals surface area contributed by atoms with Crippen molar-refractivity contribution in [2.45, 2.75) is 48.3 Å². The predicted octanol–water partition coefficient (Wildman–Crippen LogP) is -6.16. The maximum Gasteiger partial charge on any atom is 0.195 e. The van der Waals surface area contributed by atoms with Crippen LogP contribution in [0.15, 0.2) is 0 Å². The van der Waals surface area contributed by atoms with Gasteiger partial charge in [0.05, 0.1) is 13.2 Å². The molecule has 0 radical (unpaired) electrons. The lowest BCUT2D eigenvalue weighted by Gasteiger charge is -2.47. The summed E-state index contributed by atoms with van der Waals surface area (Å²) in [5.41, 5.74) is -3.12. The molecule has 9 N–H and O–H groups in total. The van der Waals surface area contributed by atoms with Gasteiger partial charge in [0.25, 0.3) is 0 Å². The van der Waals surface area contributed by atoms with Crippen molar-refractivity contribution in [3.63, 3.8) is 0 Å². The van der Waals surface area contributed by atoms with Crippen LogP contribution in [0.5, 0.6) is 0 Å². The third kappa shape index (κ3) is 3.53. The van der Waals surface area contributed by atoms with Gasteiger partial charge in [-0.25, -0.2) is 0 Å². The van der Waals surface area contributed by atoms with E-state index >= 15 is 0 Å². The van der Waals surface area contributed by atoms with Crippen molar-refractivity contribution in [2.24, 2.45) is 0 Å². The number of aliphatic hydroxyl groups is 9. The second kappa shape index (κ2) is 7.90. The van der Waals surface area contributed by atoms with Crippen molar-refractivity contribution in [2.75, 3.05) is 19.8 Å². The molecule has 0 bridgehead atoms. The average molecular weight is 342 g/mol. The lowest BCUT2D eigenvalue weighted by molar-refractivity contribution is -0.284. The Morgan fingerprint density at radius 3 is 2.04 bits per heavy atom. The minimum atomic E-state index is -3.12. The number of Topliss-reactive ketones (excluding diaryl/α,β-unsaturated/α-hetero) is 1. The minimum absolute atomic E-state index is 0.858. The Kier molecular flexibility index (Phi) is 6.97. The van der Waals surface area contributed by atoms with Crippen LogP contribution in [0.1, 0.15) is 0 Å². The zero-order valence-corrected chi connectivity index (χ0v) is 12.0. The van der Waals surface area contributed by atoms with Gasteiger partial charge in [-0.15, -0.1) is 0 Å². The Morgan fingerprint density at radius 2 is 1.61 bits per heavy atom. The normalized spacial score (nSPS) is 37.0. The minimum Gasteiger partial charge on any atom is -0.394 e. The van der Waals surface area contributed by atoms with E-state index in [0.717, 1.165) is 0 Å². The van der Waals surface area contributed by atoms with Gasteiger partial charge in [0.1, 0.15) is 49.3 Å². The second-order valence-corrected chi connectivity index (χ2v) is 5.35. The number of ketones is 1. The van der Waals surface area contributed by atoms with E-state index in [4.69, 9.17) is 20.1 Å². The van der Waals surface area contributed by atoms with Crippen molar-refractivity contribution in [1.29, 1.82) is 0 Å². The first-order valence-electron chi connectivity index (χ1n) is 6.80. The molecule has 11 nitrogen and oxygen atoms in total. The Bertz CT molecular complexity index is 402. The van der Waals surface area contributed by atoms with Gasteiger partial charge in [0.15, 0.2) is 11.4 Å². The maximum atomic E-state index is 11.9. The Morgan fingerprint density at radius 1 is 1.04 bits per heavy atom. The van der Waals surface area contributed by atoms with Gasteiger partial charge >= 0.3 is 0 Å². The molecular weight excluding hydrogens is 320 g/mol. The van der Waals surface area contributed by atoms with Gasteiger partial charge in [0.2, 0.25) is 0 Å². The Hall–Kier alpha value is -0.730. The summed E-state index contributed by atoms with van der Waals surface area (Å²) in [6, 6.07) is 0. The van der Waals surface area contributed by atoms with Gasteiger partial charge in [-0.05, 0) is 0 Å². The molecule has 23 heavy (non-hydrogen) atoms. The predicted molar refractivity (Wildman–Crippen MR) is 69.9 cm³/mol. The van der Waals surface area contributed by atoms with Crippen molar-refractivity contribution >= 4 is 5.78 Å². The molecule has 0 spiro atoms. The highest BCUT2D eigenvalue weighted by molar-refractivity contribution is 5.89. The highest BCUT2D eigenvalue weighted by Gasteiger charge is 2.59. The molecule has 8 atom stereocenters. The van der Waals surface area contributed by atoms with E-state index < -0.39 is 73.9 Å². The molecule has 0 aliphatic carbocycles. The molecule has 1 fully saturated rings. The molecule has 0 unspecified atom stereocenters. The second-order valence-electron chi connectivity index (χ2n) is 5.35. The molecule has 1 aliphatic heterocycles. The highest BCUT2D eigenvalue weighted by Crippen LogP contribution is 2.32. The van der Waals surface area contributed by atoms with Crippen molar-refractivity contribution < 1.29 is 55.5 Å². The fourth-order valence-corrected chi connectivity index (χ4v) is 2.48. The Balaban J connectivity index is 3.27. The number of carbonyl (C=O) groups is 1. The lowest BCUT2D eigenvalue weighted by atomic mass is 9.77. The molecule has 0 aromatic heterocycles. The monoisotopic (exact) mass is 342 g/mol. The molecule has 136 valence electrons. The summed E-state index contributed by atoms with van der Waals surface area (Å²) in [4.78, 5) is 11.9. The van der Waals surface area contributed by atoms with Gasteiger partial charge < -0.3 is 50.7 Å². The van der Waals surface area contributed by atoms with Crippen molar-refractivity contribution in [1.82, 2.24) is 0 Å². The van der Waals surface area contributed by atoms with Gasteiger partial charge in [-0.2, -0.15) is 0 Å². The molecule has 1 saturated heterocycles. The summed E-state index contributed by atoms with van der Waals surface area (Å²) < 4.78 is 4.99. The van der Waals surface area contributed by atoms with Crippen LogP contribution in [0.25, 0.3) is 0 Å². The molecule has 1 aliphatic rings. The summed E-state index contributed by atoms with van der Waals surface area (Å²) in [6.07, 6.45) is -13.9. The first-order valence-corrected chi connectivity index (χ1v) is 6.80. The third-order valence-electron chi connectivity index (χ3n) is 3.92. The molecule has 11 heteroatoms. The summed E-state index contributed by atoms with van der Waals surface area (Å²) in [5.74, 6) is -1.47. The molecule has 0 amide bonds. The zero-order valence-electron chi connectivity index (χ0n) is 12.0. The van der Waals surface area contributed by atoms with E-state index in [1.165, 1.54) is 0 Å². The number of carbonyl (C=O) groups excluding carboxylic acids is 1. The maximum absolute atomic E-state index is 11.9. The van der Waals surface area contributed by atoms with Gasteiger partial charge in [-0.1, -0.05) is 0 Å². The number of ether oxygens (including phenoxy) is 1. The third-order valence-corrected chi connectivity index (χ3v) is 3.92. The van der Waals surface area contributed by atoms with Gasteiger partial charge in [-0.3, -0.25) is 4.79 Å². The molecular formula is C12H22O11. The first-order chi connectivity index (χ1) is 10.7. The van der Waals surface area contributed by atoms with Crippen molar-refractivity contribution in [3.8, 4) is 0 Å². The first kappa shape index (κ1) is 20.3. The molecule has 0 aromatic rings. The topological polar surface area (TPSA) is 208 Å². The van der Waals surface area contributed by atoms with Crippen LogP contribution in [-0.2, 0) is 9.53 Å². The largest absolute Gasteiger partial charge is 0.394 e. The summed E-state index contributed by atoms with van der Waals surface area (Å²) in [5, 5.41) is 86.1. The Labute approximate surface area is 130 Å². The smallest absolute Gasteiger partial charge is 0.195 e. The van der Waals surface area contributed by atoms with Crippen LogP contribution >= 0.6 is 0 Å². The zero-order chi connectivity index (χ0) is 17.9. The summed E-state index contributed by atoms with van der Waals surface area (Å²) in [7, 11) is 0.